The number of methoxy groups -OCH3 is 1. The number of esters is 1. The maximum absolute atomic E-state index is 12.4. The van der Waals surface area contributed by atoms with E-state index in [-0.39, 0.29) is 10.6 Å². The van der Waals surface area contributed by atoms with Crippen LogP contribution in [-0.4, -0.2) is 26.1 Å². The molecule has 2 rings (SSSR count). The molecular formula is C15H18N2O4S. The number of nitrogens with zero attached hydrogens (tertiary/aromatic N) is 1. The molecule has 0 amide bonds. The third-order valence-electron chi connectivity index (χ3n) is 3.44. The van der Waals surface area contributed by atoms with Crippen LogP contribution in [0.1, 0.15) is 21.6 Å². The van der Waals surface area contributed by atoms with Gasteiger partial charge < -0.3 is 9.30 Å². The predicted molar refractivity (Wildman–Crippen MR) is 83.5 cm³/mol. The van der Waals surface area contributed by atoms with Crippen molar-refractivity contribution in [3.8, 4) is 0 Å². The number of carbonyl (C=O) groups excluding carboxylic acids is 1. The minimum atomic E-state index is -3.76. The van der Waals surface area contributed by atoms with Crippen molar-refractivity contribution in [3.63, 3.8) is 0 Å². The van der Waals surface area contributed by atoms with Gasteiger partial charge in [-0.2, -0.15) is 0 Å². The molecule has 1 aromatic heterocycles. The highest BCUT2D eigenvalue weighted by atomic mass is 32.2. The van der Waals surface area contributed by atoms with Gasteiger partial charge in [0, 0.05) is 18.9 Å². The van der Waals surface area contributed by atoms with Crippen molar-refractivity contribution in [2.24, 2.45) is 7.05 Å². The highest BCUT2D eigenvalue weighted by molar-refractivity contribution is 7.92. The first-order valence-electron chi connectivity index (χ1n) is 6.59. The Hall–Kier alpha value is -2.28. The van der Waals surface area contributed by atoms with Gasteiger partial charge in [-0.15, -0.1) is 0 Å². The van der Waals surface area contributed by atoms with E-state index in [9.17, 15) is 13.2 Å². The minimum absolute atomic E-state index is 0.00799. The molecule has 7 heteroatoms. The average Bonchev–Trinajstić information content (AvgIpc) is 2.85. The smallest absolute Gasteiger partial charge is 0.354 e. The normalized spacial score (nSPS) is 11.3. The molecule has 0 bridgehead atoms. The van der Waals surface area contributed by atoms with Gasteiger partial charge >= 0.3 is 5.97 Å². The van der Waals surface area contributed by atoms with E-state index < -0.39 is 16.0 Å². The topological polar surface area (TPSA) is 77.4 Å². The van der Waals surface area contributed by atoms with E-state index in [0.29, 0.717) is 5.69 Å². The molecule has 0 spiro atoms. The second kappa shape index (κ2) is 5.84. The number of aromatic nitrogens is 1. The standard InChI is InChI=1S/C15H18N2O4S/c1-10-5-6-12(7-11(10)2)16-22(19,20)13-8-14(15(18)21-4)17(3)9-13/h5-9,16H,1-4H3. The molecule has 22 heavy (non-hydrogen) atoms. The van der Waals surface area contributed by atoms with Gasteiger partial charge in [-0.1, -0.05) is 6.07 Å². The number of sulfonamides is 1. The summed E-state index contributed by atoms with van der Waals surface area (Å²) in [4.78, 5) is 11.6. The van der Waals surface area contributed by atoms with Crippen molar-refractivity contribution in [2.45, 2.75) is 18.7 Å². The van der Waals surface area contributed by atoms with Crippen LogP contribution in [0.25, 0.3) is 0 Å². The second-order valence-corrected chi connectivity index (χ2v) is 6.75. The molecule has 0 saturated heterocycles. The molecule has 1 aromatic carbocycles. The van der Waals surface area contributed by atoms with Gasteiger partial charge in [-0.25, -0.2) is 13.2 Å². The number of carbonyl (C=O) groups is 1. The molecule has 0 aliphatic rings. The molecule has 0 atom stereocenters. The molecule has 1 heterocycles. The summed E-state index contributed by atoms with van der Waals surface area (Å²) in [6, 6.07) is 6.59. The molecule has 0 aliphatic heterocycles. The molecule has 0 saturated carbocycles. The average molecular weight is 322 g/mol. The number of ether oxygens (including phenoxy) is 1. The third-order valence-corrected chi connectivity index (χ3v) is 4.79. The number of aryl methyl sites for hydroxylation is 3. The molecular weight excluding hydrogens is 304 g/mol. The lowest BCUT2D eigenvalue weighted by Gasteiger charge is -2.08. The Morgan fingerprint density at radius 3 is 2.45 bits per heavy atom. The lowest BCUT2D eigenvalue weighted by atomic mass is 10.1. The van der Waals surface area contributed by atoms with Crippen molar-refractivity contribution in [1.82, 2.24) is 4.57 Å². The summed E-state index contributed by atoms with van der Waals surface area (Å²) in [5.41, 5.74) is 2.72. The summed E-state index contributed by atoms with van der Waals surface area (Å²) in [5, 5.41) is 0. The molecule has 118 valence electrons. The Kier molecular flexibility index (Phi) is 4.27. The first kappa shape index (κ1) is 16.1. The minimum Gasteiger partial charge on any atom is -0.464 e. The number of rotatable bonds is 4. The van der Waals surface area contributed by atoms with E-state index in [2.05, 4.69) is 9.46 Å². The Balaban J connectivity index is 2.34. The Labute approximate surface area is 129 Å². The quantitative estimate of drug-likeness (QED) is 0.876. The molecule has 6 nitrogen and oxygen atoms in total. The molecule has 0 aliphatic carbocycles. The van der Waals surface area contributed by atoms with E-state index in [1.165, 1.54) is 23.9 Å². The van der Waals surface area contributed by atoms with Crippen LogP contribution < -0.4 is 4.72 Å². The highest BCUT2D eigenvalue weighted by Gasteiger charge is 2.21. The monoisotopic (exact) mass is 322 g/mol. The number of benzene rings is 1. The van der Waals surface area contributed by atoms with Crippen LogP contribution in [0.5, 0.6) is 0 Å². The molecule has 0 fully saturated rings. The fraction of sp³-hybridized carbons (Fsp3) is 0.267. The zero-order valence-corrected chi connectivity index (χ0v) is 13.7. The van der Waals surface area contributed by atoms with Crippen LogP contribution in [0, 0.1) is 13.8 Å². The lowest BCUT2D eigenvalue weighted by molar-refractivity contribution is 0.0590. The van der Waals surface area contributed by atoms with Gasteiger partial charge in [0.15, 0.2) is 0 Å². The lowest BCUT2D eigenvalue weighted by Crippen LogP contribution is -2.12. The number of nitrogens with one attached hydrogen (secondary N) is 1. The molecule has 1 N–H and O–H groups in total. The van der Waals surface area contributed by atoms with Crippen LogP contribution in [-0.2, 0) is 21.8 Å². The predicted octanol–water partition coefficient (Wildman–Crippen LogP) is 2.23. The van der Waals surface area contributed by atoms with Gasteiger partial charge in [-0.3, -0.25) is 4.72 Å². The Morgan fingerprint density at radius 2 is 1.86 bits per heavy atom. The van der Waals surface area contributed by atoms with Gasteiger partial charge in [-0.05, 0) is 43.2 Å². The molecule has 0 unspecified atom stereocenters. The number of hydrogen-bond acceptors (Lipinski definition) is 4. The maximum Gasteiger partial charge on any atom is 0.354 e. The summed E-state index contributed by atoms with van der Waals surface area (Å²) in [5.74, 6) is -0.588. The van der Waals surface area contributed by atoms with Crippen LogP contribution in [0.3, 0.4) is 0 Å². The van der Waals surface area contributed by atoms with Crippen LogP contribution in [0.15, 0.2) is 35.4 Å². The Morgan fingerprint density at radius 1 is 1.18 bits per heavy atom. The summed E-state index contributed by atoms with van der Waals surface area (Å²) in [6.07, 6.45) is 1.37. The zero-order valence-electron chi connectivity index (χ0n) is 12.9. The molecule has 2 aromatic rings. The molecule has 0 radical (unpaired) electrons. The summed E-state index contributed by atoms with van der Waals surface area (Å²) < 4.78 is 33.3. The van der Waals surface area contributed by atoms with Crippen molar-refractivity contribution < 1.29 is 17.9 Å². The van der Waals surface area contributed by atoms with Gasteiger partial charge in [0.2, 0.25) is 0 Å². The number of hydrogen-bond donors (Lipinski definition) is 1. The van der Waals surface area contributed by atoms with Crippen molar-refractivity contribution in [1.29, 1.82) is 0 Å². The van der Waals surface area contributed by atoms with E-state index in [4.69, 9.17) is 0 Å². The summed E-state index contributed by atoms with van der Waals surface area (Å²) >= 11 is 0. The zero-order chi connectivity index (χ0) is 16.5. The fourth-order valence-corrected chi connectivity index (χ4v) is 3.13. The van der Waals surface area contributed by atoms with Crippen LogP contribution in [0.2, 0.25) is 0 Å². The fourth-order valence-electron chi connectivity index (χ4n) is 2.01. The van der Waals surface area contributed by atoms with Crippen molar-refractivity contribution in [2.75, 3.05) is 11.8 Å². The third kappa shape index (κ3) is 3.14. The van der Waals surface area contributed by atoms with Crippen molar-refractivity contribution >= 4 is 21.7 Å². The van der Waals surface area contributed by atoms with Crippen LogP contribution in [0.4, 0.5) is 5.69 Å². The largest absolute Gasteiger partial charge is 0.464 e. The summed E-state index contributed by atoms with van der Waals surface area (Å²) in [6.45, 7) is 3.86. The number of anilines is 1. The highest BCUT2D eigenvalue weighted by Crippen LogP contribution is 2.20. The van der Waals surface area contributed by atoms with Gasteiger partial charge in [0.25, 0.3) is 10.0 Å². The Bertz CT molecular complexity index is 822. The van der Waals surface area contributed by atoms with E-state index in [1.54, 1.807) is 19.2 Å². The SMILES string of the molecule is COC(=O)c1cc(S(=O)(=O)Nc2ccc(C)c(C)c2)cn1C. The van der Waals surface area contributed by atoms with Gasteiger partial charge in [0.05, 0.1) is 7.11 Å². The van der Waals surface area contributed by atoms with Crippen LogP contribution >= 0.6 is 0 Å². The first-order valence-corrected chi connectivity index (χ1v) is 8.07. The van der Waals surface area contributed by atoms with Gasteiger partial charge in [0.1, 0.15) is 10.6 Å². The van der Waals surface area contributed by atoms with E-state index in [0.717, 1.165) is 11.1 Å². The van der Waals surface area contributed by atoms with Crippen molar-refractivity contribution in [3.05, 3.63) is 47.3 Å². The van der Waals surface area contributed by atoms with E-state index >= 15 is 0 Å². The first-order chi connectivity index (χ1) is 10.2. The second-order valence-electron chi connectivity index (χ2n) is 5.07. The summed E-state index contributed by atoms with van der Waals surface area (Å²) in [7, 11) is -0.933. The van der Waals surface area contributed by atoms with E-state index in [1.807, 2.05) is 19.9 Å². The maximum atomic E-state index is 12.4.